The number of rotatable bonds is 3. The standard InChI is InChI=1S/C16H13F3N4O3/c1-24-9-4-3-7(5-10(9)25-2)11-8(6-20)14(21)26-15-12(11)13(22-23-15)16(17,18)19/h3-5,11H,21H2,1-2H3,(H,22,23)/t11-/m1/s1. The van der Waals surface area contributed by atoms with E-state index < -0.39 is 17.8 Å². The van der Waals surface area contributed by atoms with Crippen LogP contribution in [0, 0.1) is 11.3 Å². The van der Waals surface area contributed by atoms with Gasteiger partial charge in [-0.2, -0.15) is 18.4 Å². The van der Waals surface area contributed by atoms with Crippen LogP contribution in [0.4, 0.5) is 13.2 Å². The van der Waals surface area contributed by atoms with Crippen molar-refractivity contribution in [1.29, 1.82) is 5.26 Å². The van der Waals surface area contributed by atoms with Gasteiger partial charge in [-0.1, -0.05) is 6.07 Å². The number of methoxy groups -OCH3 is 2. The summed E-state index contributed by atoms with van der Waals surface area (Å²) in [6.45, 7) is 0. The van der Waals surface area contributed by atoms with Crippen LogP contribution in [0.1, 0.15) is 22.7 Å². The first-order valence-electron chi connectivity index (χ1n) is 7.26. The summed E-state index contributed by atoms with van der Waals surface area (Å²) in [5.74, 6) is -1.07. The van der Waals surface area contributed by atoms with Crippen molar-refractivity contribution in [3.8, 4) is 23.4 Å². The molecule has 1 aliphatic rings. The van der Waals surface area contributed by atoms with Crippen molar-refractivity contribution in [2.24, 2.45) is 5.73 Å². The van der Waals surface area contributed by atoms with Gasteiger partial charge in [0.25, 0.3) is 0 Å². The van der Waals surface area contributed by atoms with E-state index in [9.17, 15) is 18.4 Å². The maximum atomic E-state index is 13.4. The Morgan fingerprint density at radius 3 is 2.54 bits per heavy atom. The van der Waals surface area contributed by atoms with Gasteiger partial charge in [-0.25, -0.2) is 0 Å². The zero-order valence-electron chi connectivity index (χ0n) is 13.6. The molecule has 2 aromatic rings. The summed E-state index contributed by atoms with van der Waals surface area (Å²) in [5.41, 5.74) is 4.50. The van der Waals surface area contributed by atoms with Crippen molar-refractivity contribution in [1.82, 2.24) is 10.2 Å². The molecule has 0 fully saturated rings. The van der Waals surface area contributed by atoms with E-state index in [0.29, 0.717) is 17.1 Å². The van der Waals surface area contributed by atoms with Crippen LogP contribution in [0.15, 0.2) is 29.7 Å². The minimum atomic E-state index is -4.72. The SMILES string of the molecule is COc1ccc([C@@H]2C(C#N)=C(N)Oc3n[nH]c(C(F)(F)F)c32)cc1OC. The third kappa shape index (κ3) is 2.67. The minimum Gasteiger partial charge on any atom is -0.493 e. The van der Waals surface area contributed by atoms with Gasteiger partial charge in [0.2, 0.25) is 11.8 Å². The van der Waals surface area contributed by atoms with Gasteiger partial charge in [-0.15, -0.1) is 5.10 Å². The molecule has 2 heterocycles. The number of hydrogen-bond donors (Lipinski definition) is 2. The molecule has 10 heteroatoms. The molecule has 3 rings (SSSR count). The van der Waals surface area contributed by atoms with Gasteiger partial charge in [0.05, 0.1) is 25.7 Å². The molecule has 1 aliphatic heterocycles. The van der Waals surface area contributed by atoms with Crippen LogP contribution in [-0.4, -0.2) is 24.4 Å². The van der Waals surface area contributed by atoms with Crippen molar-refractivity contribution >= 4 is 0 Å². The monoisotopic (exact) mass is 366 g/mol. The second kappa shape index (κ2) is 6.18. The predicted octanol–water partition coefficient (Wildman–Crippen LogP) is 2.66. The lowest BCUT2D eigenvalue weighted by atomic mass is 9.83. The minimum absolute atomic E-state index is 0.156. The molecule has 0 unspecified atom stereocenters. The number of alkyl halides is 3. The summed E-state index contributed by atoms with van der Waals surface area (Å²) < 4.78 is 55.6. The van der Waals surface area contributed by atoms with Crippen molar-refractivity contribution in [3.63, 3.8) is 0 Å². The van der Waals surface area contributed by atoms with Crippen LogP contribution in [-0.2, 0) is 6.18 Å². The number of fused-ring (bicyclic) bond motifs is 1. The van der Waals surface area contributed by atoms with Crippen LogP contribution in [0.5, 0.6) is 17.4 Å². The van der Waals surface area contributed by atoms with Crippen LogP contribution in [0.25, 0.3) is 0 Å². The summed E-state index contributed by atoms with van der Waals surface area (Å²) in [5, 5.41) is 14.9. The molecule has 1 aromatic heterocycles. The van der Waals surface area contributed by atoms with Crippen LogP contribution in [0.3, 0.4) is 0 Å². The molecule has 26 heavy (non-hydrogen) atoms. The van der Waals surface area contributed by atoms with Crippen molar-refractivity contribution < 1.29 is 27.4 Å². The number of nitrogens with two attached hydrogens (primary N) is 1. The van der Waals surface area contributed by atoms with E-state index in [4.69, 9.17) is 19.9 Å². The van der Waals surface area contributed by atoms with Gasteiger partial charge in [0.15, 0.2) is 11.5 Å². The number of nitrogens with zero attached hydrogens (tertiary/aromatic N) is 2. The topological polar surface area (TPSA) is 106 Å². The highest BCUT2D eigenvalue weighted by atomic mass is 19.4. The Morgan fingerprint density at radius 2 is 1.96 bits per heavy atom. The Morgan fingerprint density at radius 1 is 1.27 bits per heavy atom. The summed E-state index contributed by atoms with van der Waals surface area (Å²) >= 11 is 0. The molecule has 1 aromatic carbocycles. The predicted molar refractivity (Wildman–Crippen MR) is 82.4 cm³/mol. The van der Waals surface area contributed by atoms with Gasteiger partial charge < -0.3 is 19.9 Å². The van der Waals surface area contributed by atoms with Crippen LogP contribution >= 0.6 is 0 Å². The Kier molecular flexibility index (Phi) is 4.15. The molecular weight excluding hydrogens is 353 g/mol. The lowest BCUT2D eigenvalue weighted by molar-refractivity contribution is -0.141. The number of hydrogen-bond acceptors (Lipinski definition) is 6. The van der Waals surface area contributed by atoms with E-state index in [1.165, 1.54) is 32.4 Å². The fraction of sp³-hybridized carbons (Fsp3) is 0.250. The Balaban J connectivity index is 2.26. The number of halogens is 3. The molecule has 0 amide bonds. The molecule has 0 saturated heterocycles. The first-order chi connectivity index (χ1) is 12.3. The number of H-pyrrole nitrogens is 1. The second-order valence-corrected chi connectivity index (χ2v) is 5.35. The number of ether oxygens (including phenoxy) is 3. The number of nitrogens with one attached hydrogen (secondary N) is 1. The van der Waals surface area contributed by atoms with Crippen LogP contribution < -0.4 is 19.9 Å². The molecule has 1 atom stereocenters. The van der Waals surface area contributed by atoms with Gasteiger partial charge in [-0.3, -0.25) is 5.10 Å². The largest absolute Gasteiger partial charge is 0.493 e. The highest BCUT2D eigenvalue weighted by molar-refractivity contribution is 5.57. The van der Waals surface area contributed by atoms with Crippen LogP contribution in [0.2, 0.25) is 0 Å². The number of aromatic nitrogens is 2. The van der Waals surface area contributed by atoms with Crippen molar-refractivity contribution in [3.05, 3.63) is 46.5 Å². The van der Waals surface area contributed by atoms with E-state index in [1.807, 2.05) is 11.2 Å². The highest BCUT2D eigenvalue weighted by Gasteiger charge is 2.44. The molecule has 0 radical (unpaired) electrons. The zero-order valence-corrected chi connectivity index (χ0v) is 13.6. The van der Waals surface area contributed by atoms with E-state index in [-0.39, 0.29) is 22.9 Å². The molecule has 0 spiro atoms. The normalized spacial score (nSPS) is 16.5. The van der Waals surface area contributed by atoms with E-state index in [1.54, 1.807) is 0 Å². The molecule has 0 bridgehead atoms. The molecule has 3 N–H and O–H groups in total. The fourth-order valence-electron chi connectivity index (χ4n) is 2.83. The average Bonchev–Trinajstić information content (AvgIpc) is 3.03. The van der Waals surface area contributed by atoms with Crippen molar-refractivity contribution in [2.45, 2.75) is 12.1 Å². The summed E-state index contributed by atoms with van der Waals surface area (Å²) in [6.07, 6.45) is -4.72. The third-order valence-corrected chi connectivity index (χ3v) is 3.96. The second-order valence-electron chi connectivity index (χ2n) is 5.35. The summed E-state index contributed by atoms with van der Waals surface area (Å²) in [7, 11) is 2.83. The first kappa shape index (κ1) is 17.5. The van der Waals surface area contributed by atoms with Gasteiger partial charge >= 0.3 is 6.18 Å². The number of allylic oxidation sites excluding steroid dienone is 1. The maximum absolute atomic E-state index is 13.4. The summed E-state index contributed by atoms with van der Waals surface area (Å²) in [6, 6.07) is 6.37. The highest BCUT2D eigenvalue weighted by Crippen LogP contribution is 2.47. The molecule has 136 valence electrons. The Hall–Kier alpha value is -3.35. The fourth-order valence-corrected chi connectivity index (χ4v) is 2.83. The molecular formula is C16H13F3N4O3. The maximum Gasteiger partial charge on any atom is 0.433 e. The van der Waals surface area contributed by atoms with Crippen molar-refractivity contribution in [2.75, 3.05) is 14.2 Å². The Labute approximate surface area is 145 Å². The Bertz CT molecular complexity index is 928. The molecule has 0 saturated carbocycles. The van der Waals surface area contributed by atoms with E-state index in [2.05, 4.69) is 5.10 Å². The zero-order chi connectivity index (χ0) is 19.1. The average molecular weight is 366 g/mol. The third-order valence-electron chi connectivity index (χ3n) is 3.96. The number of benzene rings is 1. The lowest BCUT2D eigenvalue weighted by Crippen LogP contribution is -2.22. The first-order valence-corrected chi connectivity index (χ1v) is 7.26. The quantitative estimate of drug-likeness (QED) is 0.865. The number of aromatic amines is 1. The van der Waals surface area contributed by atoms with E-state index in [0.717, 1.165) is 0 Å². The van der Waals surface area contributed by atoms with E-state index >= 15 is 0 Å². The smallest absolute Gasteiger partial charge is 0.433 e. The lowest BCUT2D eigenvalue weighted by Gasteiger charge is -2.25. The molecule has 0 aliphatic carbocycles. The van der Waals surface area contributed by atoms with Gasteiger partial charge in [-0.05, 0) is 17.7 Å². The van der Waals surface area contributed by atoms with Gasteiger partial charge in [0.1, 0.15) is 17.3 Å². The number of nitriles is 1. The molecule has 7 nitrogen and oxygen atoms in total. The van der Waals surface area contributed by atoms with Gasteiger partial charge in [0, 0.05) is 0 Å². The summed E-state index contributed by atoms with van der Waals surface area (Å²) in [4.78, 5) is 0.